The number of aliphatic imine (C=N–C) groups is 1. The molecule has 2 heterocycles. The molecule has 37 heavy (non-hydrogen) atoms. The number of hydrogen-bond donors (Lipinski definition) is 1. The van der Waals surface area contributed by atoms with Gasteiger partial charge in [0.2, 0.25) is 5.91 Å². The van der Waals surface area contributed by atoms with Gasteiger partial charge in [-0.05, 0) is 71.8 Å². The Bertz CT molecular complexity index is 1380. The highest BCUT2D eigenvalue weighted by molar-refractivity contribution is 8.15. The highest BCUT2D eigenvalue weighted by atomic mass is 35.5. The molecule has 10 heteroatoms. The first kappa shape index (κ1) is 25.0. The summed E-state index contributed by atoms with van der Waals surface area (Å²) in [6.45, 7) is 0. The number of amidine groups is 1. The lowest BCUT2D eigenvalue weighted by atomic mass is 9.98. The molecule has 3 aromatic carbocycles. The van der Waals surface area contributed by atoms with Crippen LogP contribution in [-0.2, 0) is 9.59 Å². The number of amides is 2. The Morgan fingerprint density at radius 2 is 1.81 bits per heavy atom. The first-order chi connectivity index (χ1) is 17.9. The molecule has 0 spiro atoms. The Labute approximate surface area is 222 Å². The highest BCUT2D eigenvalue weighted by Crippen LogP contribution is 2.39. The number of halogens is 2. The van der Waals surface area contributed by atoms with Crippen molar-refractivity contribution in [3.05, 3.63) is 94.8 Å². The van der Waals surface area contributed by atoms with Crippen molar-refractivity contribution in [2.45, 2.75) is 24.1 Å². The van der Waals surface area contributed by atoms with Crippen molar-refractivity contribution in [1.82, 2.24) is 5.01 Å². The minimum atomic E-state index is -0.679. The number of carbonyl (C=O) groups is 2. The number of ether oxygens (including phenoxy) is 1. The van der Waals surface area contributed by atoms with Gasteiger partial charge >= 0.3 is 0 Å². The molecule has 2 aliphatic heterocycles. The monoisotopic (exact) mass is 536 g/mol. The molecule has 2 amide bonds. The van der Waals surface area contributed by atoms with Crippen LogP contribution < -0.4 is 10.1 Å². The van der Waals surface area contributed by atoms with Gasteiger partial charge in [0.1, 0.15) is 16.8 Å². The fourth-order valence-corrected chi connectivity index (χ4v) is 5.29. The molecule has 0 saturated carbocycles. The van der Waals surface area contributed by atoms with Crippen LogP contribution in [0.4, 0.5) is 10.1 Å². The molecule has 0 aliphatic carbocycles. The summed E-state index contributed by atoms with van der Waals surface area (Å²) in [7, 11) is 1.61. The van der Waals surface area contributed by atoms with Gasteiger partial charge in [0.05, 0.1) is 18.9 Å². The van der Waals surface area contributed by atoms with E-state index in [2.05, 4.69) is 10.3 Å². The molecule has 0 unspecified atom stereocenters. The van der Waals surface area contributed by atoms with Crippen molar-refractivity contribution >= 4 is 51.7 Å². The maximum Gasteiger partial charge on any atom is 0.262 e. The van der Waals surface area contributed by atoms with Crippen LogP contribution in [0.25, 0.3) is 0 Å². The minimum Gasteiger partial charge on any atom is -0.497 e. The summed E-state index contributed by atoms with van der Waals surface area (Å²) < 4.78 is 18.4. The van der Waals surface area contributed by atoms with E-state index in [1.165, 1.54) is 36.0 Å². The lowest BCUT2D eigenvalue weighted by Crippen LogP contribution is -2.25. The first-order valence-corrected chi connectivity index (χ1v) is 12.8. The second-order valence-corrected chi connectivity index (χ2v) is 10.1. The number of nitrogens with zero attached hydrogens (tertiary/aromatic N) is 3. The van der Waals surface area contributed by atoms with Crippen molar-refractivity contribution in [2.24, 2.45) is 10.1 Å². The lowest BCUT2D eigenvalue weighted by molar-refractivity contribution is -0.121. The van der Waals surface area contributed by atoms with Gasteiger partial charge in [-0.3, -0.25) is 9.59 Å². The number of nitrogens with one attached hydrogen (secondary N) is 1. The summed E-state index contributed by atoms with van der Waals surface area (Å²) in [5.74, 6) is -0.395. The normalized spacial score (nSPS) is 19.0. The van der Waals surface area contributed by atoms with Crippen molar-refractivity contribution in [3.63, 3.8) is 0 Å². The van der Waals surface area contributed by atoms with Crippen LogP contribution in [0.5, 0.6) is 5.75 Å². The maximum absolute atomic E-state index is 13.1. The Morgan fingerprint density at radius 1 is 1.11 bits per heavy atom. The molecule has 0 aromatic heterocycles. The number of rotatable bonds is 6. The van der Waals surface area contributed by atoms with Crippen molar-refractivity contribution in [3.8, 4) is 5.75 Å². The van der Waals surface area contributed by atoms with Crippen molar-refractivity contribution in [2.75, 3.05) is 12.4 Å². The zero-order chi connectivity index (χ0) is 25.9. The molecule has 2 atom stereocenters. The minimum absolute atomic E-state index is 0.0671. The molecule has 7 nitrogen and oxygen atoms in total. The van der Waals surface area contributed by atoms with E-state index < -0.39 is 17.0 Å². The van der Waals surface area contributed by atoms with Crippen LogP contribution in [0.3, 0.4) is 0 Å². The molecule has 0 bridgehead atoms. The van der Waals surface area contributed by atoms with Gasteiger partial charge in [-0.2, -0.15) is 10.1 Å². The zero-order valence-corrected chi connectivity index (χ0v) is 21.3. The lowest BCUT2D eigenvalue weighted by Gasteiger charge is -2.23. The quantitative estimate of drug-likeness (QED) is 0.439. The largest absolute Gasteiger partial charge is 0.497 e. The Hall–Kier alpha value is -3.69. The van der Waals surface area contributed by atoms with E-state index in [9.17, 15) is 14.0 Å². The molecule has 3 aromatic rings. The number of hydrogen-bond acceptors (Lipinski definition) is 6. The van der Waals surface area contributed by atoms with Crippen LogP contribution in [-0.4, -0.2) is 40.1 Å². The van der Waals surface area contributed by atoms with E-state index in [0.29, 0.717) is 22.3 Å². The molecular formula is C27H22ClFN4O3S. The molecule has 0 saturated heterocycles. The Morgan fingerprint density at radius 3 is 2.49 bits per heavy atom. The number of anilines is 1. The topological polar surface area (TPSA) is 83.4 Å². The first-order valence-electron chi connectivity index (χ1n) is 11.5. The van der Waals surface area contributed by atoms with Crippen LogP contribution in [0.2, 0.25) is 5.02 Å². The molecule has 1 N–H and O–H groups in total. The van der Waals surface area contributed by atoms with Gasteiger partial charge in [-0.15, -0.1) is 0 Å². The third kappa shape index (κ3) is 5.68. The van der Waals surface area contributed by atoms with E-state index in [1.54, 1.807) is 12.1 Å². The molecule has 188 valence electrons. The van der Waals surface area contributed by atoms with E-state index in [-0.39, 0.29) is 18.4 Å². The number of thioether (sulfide) groups is 1. The SMILES string of the molecule is COc1ccc(C2=NN(C3=NC(=O)[C@H](CC(=O)Nc4ccc(F)cc4)S3)[C@@H](c3ccc(Cl)cc3)C2)cc1. The number of benzene rings is 3. The van der Waals surface area contributed by atoms with Gasteiger partial charge in [-0.1, -0.05) is 35.5 Å². The summed E-state index contributed by atoms with van der Waals surface area (Å²) in [4.78, 5) is 29.5. The average molecular weight is 537 g/mol. The number of hydrazone groups is 1. The molecular weight excluding hydrogens is 515 g/mol. The van der Waals surface area contributed by atoms with E-state index in [4.69, 9.17) is 21.4 Å². The summed E-state index contributed by atoms with van der Waals surface area (Å²) in [5.41, 5.74) is 3.22. The molecule has 5 rings (SSSR count). The summed E-state index contributed by atoms with van der Waals surface area (Å²) in [6.07, 6.45) is 0.528. The summed E-state index contributed by atoms with van der Waals surface area (Å²) in [5, 5.41) is 9.67. The van der Waals surface area contributed by atoms with Crippen molar-refractivity contribution in [1.29, 1.82) is 0 Å². The van der Waals surface area contributed by atoms with Crippen molar-refractivity contribution < 1.29 is 18.7 Å². The average Bonchev–Trinajstić information content (AvgIpc) is 3.50. The predicted octanol–water partition coefficient (Wildman–Crippen LogP) is 5.67. The van der Waals surface area contributed by atoms with Gasteiger partial charge in [0, 0.05) is 23.6 Å². The van der Waals surface area contributed by atoms with Gasteiger partial charge < -0.3 is 10.1 Å². The summed E-state index contributed by atoms with van der Waals surface area (Å²) in [6, 6.07) is 20.4. The predicted molar refractivity (Wildman–Crippen MR) is 144 cm³/mol. The van der Waals surface area contributed by atoms with E-state index in [1.807, 2.05) is 48.5 Å². The molecule has 0 radical (unpaired) electrons. The van der Waals surface area contributed by atoms with Gasteiger partial charge in [0.15, 0.2) is 5.17 Å². The second kappa shape index (κ2) is 10.7. The Kier molecular flexibility index (Phi) is 7.25. The van der Waals surface area contributed by atoms with Gasteiger partial charge in [0.25, 0.3) is 5.91 Å². The number of carbonyl (C=O) groups excluding carboxylic acids is 2. The zero-order valence-electron chi connectivity index (χ0n) is 19.7. The van der Waals surface area contributed by atoms with Crippen LogP contribution in [0.1, 0.15) is 30.0 Å². The summed E-state index contributed by atoms with van der Waals surface area (Å²) >= 11 is 7.32. The van der Waals surface area contributed by atoms with Gasteiger partial charge in [-0.25, -0.2) is 9.40 Å². The fraction of sp³-hybridized carbons (Fsp3) is 0.185. The third-order valence-electron chi connectivity index (χ3n) is 6.01. The standard InChI is InChI=1S/C27H22ClFN4O3S/c1-36-21-12-4-16(5-13-21)22-14-23(17-2-6-18(28)7-3-17)33(32-22)27-31-26(35)24(37-27)15-25(34)30-20-10-8-19(29)9-11-20/h2-13,23-24H,14-15H2,1H3,(H,30,34)/t23-,24+/m1/s1. The molecule has 2 aliphatic rings. The van der Waals surface area contributed by atoms with Crippen LogP contribution >= 0.6 is 23.4 Å². The smallest absolute Gasteiger partial charge is 0.262 e. The molecule has 0 fully saturated rings. The van der Waals surface area contributed by atoms with E-state index in [0.717, 1.165) is 22.6 Å². The second-order valence-electron chi connectivity index (χ2n) is 8.49. The number of methoxy groups -OCH3 is 1. The van der Waals surface area contributed by atoms with Crippen LogP contribution in [0.15, 0.2) is 82.9 Å². The third-order valence-corrected chi connectivity index (χ3v) is 7.41. The van der Waals surface area contributed by atoms with E-state index >= 15 is 0 Å². The fourth-order valence-electron chi connectivity index (χ4n) is 4.11. The Balaban J connectivity index is 1.35. The maximum atomic E-state index is 13.1. The van der Waals surface area contributed by atoms with Crippen LogP contribution in [0, 0.1) is 5.82 Å². The highest BCUT2D eigenvalue weighted by Gasteiger charge is 2.39.